The summed E-state index contributed by atoms with van der Waals surface area (Å²) in [4.78, 5) is 35.9. The normalized spacial score (nSPS) is 12.7. The minimum atomic E-state index is -1.14. The quantitative estimate of drug-likeness (QED) is 0.708. The molecule has 0 spiro atoms. The van der Waals surface area contributed by atoms with Crippen molar-refractivity contribution in [3.8, 4) is 0 Å². The first-order valence-corrected chi connectivity index (χ1v) is 8.31. The van der Waals surface area contributed by atoms with E-state index in [1.807, 2.05) is 31.2 Å². The van der Waals surface area contributed by atoms with Crippen LogP contribution in [0.3, 0.4) is 0 Å². The lowest BCUT2D eigenvalue weighted by Gasteiger charge is -2.20. The number of aliphatic carboxylic acids is 1. The van der Waals surface area contributed by atoms with Gasteiger partial charge in [-0.15, -0.1) is 0 Å². The molecule has 2 rings (SSSR count). The summed E-state index contributed by atoms with van der Waals surface area (Å²) < 4.78 is 0. The number of aryl methyl sites for hydroxylation is 1. The van der Waals surface area contributed by atoms with Crippen LogP contribution in [0.4, 0.5) is 0 Å². The molecule has 0 radical (unpaired) electrons. The Morgan fingerprint density at radius 1 is 0.962 bits per heavy atom. The summed E-state index contributed by atoms with van der Waals surface area (Å²) in [5.41, 5.74) is 2.38. The third kappa shape index (κ3) is 5.44. The summed E-state index contributed by atoms with van der Waals surface area (Å²) in [6, 6.07) is 14.2. The van der Waals surface area contributed by atoms with Gasteiger partial charge in [0.1, 0.15) is 12.1 Å². The van der Waals surface area contributed by atoms with Crippen LogP contribution in [0.1, 0.15) is 28.4 Å². The molecule has 3 N–H and O–H groups in total. The fourth-order valence-electron chi connectivity index (χ4n) is 2.38. The smallest absolute Gasteiger partial charge is 0.325 e. The molecule has 0 aliphatic rings. The molecular formula is C20H22N2O4. The van der Waals surface area contributed by atoms with Crippen LogP contribution in [0.2, 0.25) is 0 Å². The molecule has 0 fully saturated rings. The SMILES string of the molecule is Cc1ccc(C[C@@H](NC(=O)c2ccccc2)C(=O)N[C@H](C)C(=O)O)cc1. The Morgan fingerprint density at radius 2 is 1.58 bits per heavy atom. The molecule has 6 nitrogen and oxygen atoms in total. The van der Waals surface area contributed by atoms with Gasteiger partial charge in [-0.25, -0.2) is 0 Å². The van der Waals surface area contributed by atoms with Crippen LogP contribution in [0, 0.1) is 6.92 Å². The van der Waals surface area contributed by atoms with Crippen molar-refractivity contribution >= 4 is 17.8 Å². The zero-order valence-electron chi connectivity index (χ0n) is 14.7. The van der Waals surface area contributed by atoms with Crippen molar-refractivity contribution in [1.82, 2.24) is 10.6 Å². The van der Waals surface area contributed by atoms with Gasteiger partial charge >= 0.3 is 5.97 Å². The highest BCUT2D eigenvalue weighted by Crippen LogP contribution is 2.08. The van der Waals surface area contributed by atoms with Crippen molar-refractivity contribution in [2.45, 2.75) is 32.4 Å². The molecule has 136 valence electrons. The van der Waals surface area contributed by atoms with Crippen LogP contribution >= 0.6 is 0 Å². The maximum absolute atomic E-state index is 12.5. The highest BCUT2D eigenvalue weighted by molar-refractivity contribution is 5.98. The summed E-state index contributed by atoms with van der Waals surface area (Å²) in [5, 5.41) is 14.1. The van der Waals surface area contributed by atoms with E-state index >= 15 is 0 Å². The number of carboxylic acid groups (broad SMARTS) is 1. The second-order valence-electron chi connectivity index (χ2n) is 6.15. The molecule has 0 saturated heterocycles. The van der Waals surface area contributed by atoms with Crippen molar-refractivity contribution < 1.29 is 19.5 Å². The number of hydrogen-bond acceptors (Lipinski definition) is 3. The Hall–Kier alpha value is -3.15. The van der Waals surface area contributed by atoms with Crippen LogP contribution in [-0.4, -0.2) is 35.0 Å². The molecule has 0 heterocycles. The molecule has 2 aromatic rings. The summed E-state index contributed by atoms with van der Waals surface area (Å²) in [7, 11) is 0. The fourth-order valence-corrected chi connectivity index (χ4v) is 2.38. The van der Waals surface area contributed by atoms with E-state index in [1.54, 1.807) is 30.3 Å². The molecule has 2 atom stereocenters. The zero-order chi connectivity index (χ0) is 19.1. The van der Waals surface area contributed by atoms with E-state index < -0.39 is 24.0 Å². The van der Waals surface area contributed by atoms with Crippen LogP contribution in [0.5, 0.6) is 0 Å². The van der Waals surface area contributed by atoms with Crippen molar-refractivity contribution in [1.29, 1.82) is 0 Å². The Bertz CT molecular complexity index is 772. The second kappa shape index (κ2) is 8.80. The van der Waals surface area contributed by atoms with Gasteiger partial charge in [0.2, 0.25) is 5.91 Å². The number of benzene rings is 2. The first kappa shape index (κ1) is 19.2. The number of amides is 2. The molecule has 0 aliphatic carbocycles. The van der Waals surface area contributed by atoms with Crippen LogP contribution in [0.25, 0.3) is 0 Å². The van der Waals surface area contributed by atoms with Crippen LogP contribution in [-0.2, 0) is 16.0 Å². The highest BCUT2D eigenvalue weighted by atomic mass is 16.4. The van der Waals surface area contributed by atoms with Crippen molar-refractivity contribution in [2.24, 2.45) is 0 Å². The number of carboxylic acids is 1. The topological polar surface area (TPSA) is 95.5 Å². The Kier molecular flexibility index (Phi) is 6.49. The molecular weight excluding hydrogens is 332 g/mol. The lowest BCUT2D eigenvalue weighted by molar-refractivity contribution is -0.141. The van der Waals surface area contributed by atoms with E-state index in [1.165, 1.54) is 6.92 Å². The monoisotopic (exact) mass is 354 g/mol. The summed E-state index contributed by atoms with van der Waals surface area (Å²) in [5.74, 6) is -2.06. The van der Waals surface area contributed by atoms with Gasteiger partial charge in [0, 0.05) is 12.0 Å². The van der Waals surface area contributed by atoms with Gasteiger partial charge < -0.3 is 15.7 Å². The molecule has 2 amide bonds. The third-order valence-electron chi connectivity index (χ3n) is 3.95. The number of nitrogens with one attached hydrogen (secondary N) is 2. The molecule has 26 heavy (non-hydrogen) atoms. The van der Waals surface area contributed by atoms with Crippen molar-refractivity contribution in [3.05, 3.63) is 71.3 Å². The lowest BCUT2D eigenvalue weighted by Crippen LogP contribution is -2.51. The Labute approximate surface area is 152 Å². The standard InChI is InChI=1S/C20H22N2O4/c1-13-8-10-15(11-9-13)12-17(19(24)21-14(2)20(25)26)22-18(23)16-6-4-3-5-7-16/h3-11,14,17H,12H2,1-2H3,(H,21,24)(H,22,23)(H,25,26)/t14-,17-/m1/s1. The van der Waals surface area contributed by atoms with Gasteiger partial charge in [-0.1, -0.05) is 48.0 Å². The number of hydrogen-bond donors (Lipinski definition) is 3. The van der Waals surface area contributed by atoms with E-state index in [9.17, 15) is 14.4 Å². The summed E-state index contributed by atoms with van der Waals surface area (Å²) in [6.45, 7) is 3.34. The average molecular weight is 354 g/mol. The molecule has 0 bridgehead atoms. The maximum Gasteiger partial charge on any atom is 0.325 e. The van der Waals surface area contributed by atoms with Crippen LogP contribution < -0.4 is 10.6 Å². The average Bonchev–Trinajstić information content (AvgIpc) is 2.63. The first-order chi connectivity index (χ1) is 12.4. The van der Waals surface area contributed by atoms with Crippen molar-refractivity contribution in [2.75, 3.05) is 0 Å². The summed E-state index contributed by atoms with van der Waals surface area (Å²) in [6.07, 6.45) is 0.261. The van der Waals surface area contributed by atoms with Gasteiger partial charge in [0.05, 0.1) is 0 Å². The molecule has 0 aliphatic heterocycles. The molecule has 0 aromatic heterocycles. The number of rotatable bonds is 7. The maximum atomic E-state index is 12.5. The van der Waals surface area contributed by atoms with Gasteiger partial charge in [-0.3, -0.25) is 14.4 Å². The van der Waals surface area contributed by atoms with Gasteiger partial charge in [0.25, 0.3) is 5.91 Å². The van der Waals surface area contributed by atoms with Crippen molar-refractivity contribution in [3.63, 3.8) is 0 Å². The fraction of sp³-hybridized carbons (Fsp3) is 0.250. The van der Waals surface area contributed by atoms with E-state index in [4.69, 9.17) is 5.11 Å². The van der Waals surface area contributed by atoms with E-state index in [0.29, 0.717) is 5.56 Å². The predicted octanol–water partition coefficient (Wildman–Crippen LogP) is 1.93. The Balaban J connectivity index is 2.17. The first-order valence-electron chi connectivity index (χ1n) is 8.31. The lowest BCUT2D eigenvalue weighted by atomic mass is 10.0. The Morgan fingerprint density at radius 3 is 2.15 bits per heavy atom. The van der Waals surface area contributed by atoms with E-state index in [0.717, 1.165) is 11.1 Å². The largest absolute Gasteiger partial charge is 0.480 e. The number of carbonyl (C=O) groups is 3. The minimum absolute atomic E-state index is 0.261. The molecule has 2 aromatic carbocycles. The predicted molar refractivity (Wildman–Crippen MR) is 97.8 cm³/mol. The van der Waals surface area contributed by atoms with Crippen LogP contribution in [0.15, 0.2) is 54.6 Å². The zero-order valence-corrected chi connectivity index (χ0v) is 14.7. The van der Waals surface area contributed by atoms with Gasteiger partial charge in [-0.2, -0.15) is 0 Å². The highest BCUT2D eigenvalue weighted by Gasteiger charge is 2.25. The summed E-state index contributed by atoms with van der Waals surface area (Å²) >= 11 is 0. The molecule has 6 heteroatoms. The number of carbonyl (C=O) groups excluding carboxylic acids is 2. The second-order valence-corrected chi connectivity index (χ2v) is 6.15. The third-order valence-corrected chi connectivity index (χ3v) is 3.95. The molecule has 0 unspecified atom stereocenters. The van der Waals surface area contributed by atoms with Gasteiger partial charge in [0.15, 0.2) is 0 Å². The van der Waals surface area contributed by atoms with E-state index in [-0.39, 0.29) is 12.3 Å². The van der Waals surface area contributed by atoms with E-state index in [2.05, 4.69) is 10.6 Å². The molecule has 0 saturated carbocycles. The van der Waals surface area contributed by atoms with Gasteiger partial charge in [-0.05, 0) is 31.5 Å². The minimum Gasteiger partial charge on any atom is -0.480 e.